The van der Waals surface area contributed by atoms with Crippen molar-refractivity contribution in [2.24, 2.45) is 0 Å². The number of nitrogens with one attached hydrogen (secondary N) is 1. The van der Waals surface area contributed by atoms with Crippen LogP contribution in [-0.4, -0.2) is 53.4 Å². The fourth-order valence-electron chi connectivity index (χ4n) is 3.61. The van der Waals surface area contributed by atoms with Crippen LogP contribution >= 0.6 is 0 Å². The van der Waals surface area contributed by atoms with Crippen LogP contribution in [0.1, 0.15) is 29.0 Å². The highest BCUT2D eigenvalue weighted by molar-refractivity contribution is 7.89. The smallest absolute Gasteiger partial charge is 0.276 e. The minimum Gasteiger partial charge on any atom is -0.337 e. The molecule has 32 heavy (non-hydrogen) atoms. The SMILES string of the molecule is Cc1c(C(=O)N2CCC(NS(=O)(=O)c3ccc(F)cc3)CC2)nnn1-c1ccc(F)cc1. The van der Waals surface area contributed by atoms with Gasteiger partial charge in [-0.25, -0.2) is 26.6 Å². The van der Waals surface area contributed by atoms with Crippen LogP contribution in [0.4, 0.5) is 8.78 Å². The van der Waals surface area contributed by atoms with E-state index in [0.717, 1.165) is 12.1 Å². The molecule has 0 spiro atoms. The van der Waals surface area contributed by atoms with Gasteiger partial charge in [-0.2, -0.15) is 0 Å². The minimum absolute atomic E-state index is 0.00885. The molecule has 0 aliphatic carbocycles. The third kappa shape index (κ3) is 4.53. The van der Waals surface area contributed by atoms with Gasteiger partial charge in [0.1, 0.15) is 11.6 Å². The van der Waals surface area contributed by atoms with Gasteiger partial charge < -0.3 is 4.90 Å². The highest BCUT2D eigenvalue weighted by Gasteiger charge is 2.29. The summed E-state index contributed by atoms with van der Waals surface area (Å²) in [5.41, 5.74) is 1.31. The molecule has 168 valence electrons. The summed E-state index contributed by atoms with van der Waals surface area (Å²) >= 11 is 0. The number of piperidine rings is 1. The van der Waals surface area contributed by atoms with Gasteiger partial charge in [0.15, 0.2) is 5.69 Å². The van der Waals surface area contributed by atoms with E-state index < -0.39 is 15.8 Å². The summed E-state index contributed by atoms with van der Waals surface area (Å²) in [6.45, 7) is 2.40. The average molecular weight is 461 g/mol. The maximum atomic E-state index is 13.2. The number of halogens is 2. The lowest BCUT2D eigenvalue weighted by Gasteiger charge is -2.31. The van der Waals surface area contributed by atoms with Gasteiger partial charge in [-0.1, -0.05) is 5.21 Å². The van der Waals surface area contributed by atoms with Crippen LogP contribution in [0.3, 0.4) is 0 Å². The topological polar surface area (TPSA) is 97.2 Å². The maximum absolute atomic E-state index is 13.2. The molecule has 1 aliphatic heterocycles. The summed E-state index contributed by atoms with van der Waals surface area (Å²) in [5.74, 6) is -1.18. The summed E-state index contributed by atoms with van der Waals surface area (Å²) in [4.78, 5) is 14.5. The van der Waals surface area contributed by atoms with E-state index in [2.05, 4.69) is 15.0 Å². The summed E-state index contributed by atoms with van der Waals surface area (Å²) in [5, 5.41) is 8.01. The second kappa shape index (κ2) is 8.75. The van der Waals surface area contributed by atoms with Crippen LogP contribution in [0.25, 0.3) is 5.69 Å². The largest absolute Gasteiger partial charge is 0.337 e. The van der Waals surface area contributed by atoms with Gasteiger partial charge in [-0.15, -0.1) is 5.10 Å². The zero-order chi connectivity index (χ0) is 22.9. The molecular weight excluding hydrogens is 440 g/mol. The van der Waals surface area contributed by atoms with E-state index in [4.69, 9.17) is 0 Å². The summed E-state index contributed by atoms with van der Waals surface area (Å²) in [6.07, 6.45) is 0.856. The van der Waals surface area contributed by atoms with Crippen LogP contribution in [0.2, 0.25) is 0 Å². The number of nitrogens with zero attached hydrogens (tertiary/aromatic N) is 4. The van der Waals surface area contributed by atoms with Crippen LogP contribution < -0.4 is 4.72 Å². The number of hydrogen-bond donors (Lipinski definition) is 1. The first-order chi connectivity index (χ1) is 15.2. The number of aromatic nitrogens is 3. The number of hydrogen-bond acceptors (Lipinski definition) is 5. The van der Waals surface area contributed by atoms with E-state index in [1.54, 1.807) is 24.0 Å². The van der Waals surface area contributed by atoms with Gasteiger partial charge in [0.25, 0.3) is 5.91 Å². The predicted molar refractivity (Wildman–Crippen MR) is 112 cm³/mol. The van der Waals surface area contributed by atoms with E-state index >= 15 is 0 Å². The molecule has 1 N–H and O–H groups in total. The monoisotopic (exact) mass is 461 g/mol. The van der Waals surface area contributed by atoms with Crippen molar-refractivity contribution in [3.05, 3.63) is 71.6 Å². The molecule has 0 unspecified atom stereocenters. The Labute approximate surface area is 183 Å². The summed E-state index contributed by atoms with van der Waals surface area (Å²) in [6, 6.07) is 9.96. The van der Waals surface area contributed by atoms with Gasteiger partial charge >= 0.3 is 0 Å². The van der Waals surface area contributed by atoms with Crippen molar-refractivity contribution in [1.29, 1.82) is 0 Å². The highest BCUT2D eigenvalue weighted by Crippen LogP contribution is 2.19. The molecule has 1 aliphatic rings. The summed E-state index contributed by atoms with van der Waals surface area (Å²) < 4.78 is 55.3. The molecule has 2 heterocycles. The Hall–Kier alpha value is -3.18. The van der Waals surface area contributed by atoms with Crippen LogP contribution in [-0.2, 0) is 10.0 Å². The Balaban J connectivity index is 1.40. The van der Waals surface area contributed by atoms with Crippen molar-refractivity contribution in [2.45, 2.75) is 30.7 Å². The second-order valence-electron chi connectivity index (χ2n) is 7.55. The molecule has 0 radical (unpaired) electrons. The molecule has 1 aromatic heterocycles. The zero-order valence-electron chi connectivity index (χ0n) is 17.2. The fourth-order valence-corrected chi connectivity index (χ4v) is 4.91. The molecule has 0 bridgehead atoms. The van der Waals surface area contributed by atoms with Crippen LogP contribution in [0.15, 0.2) is 53.4 Å². The van der Waals surface area contributed by atoms with Gasteiger partial charge in [-0.3, -0.25) is 4.79 Å². The molecule has 0 saturated carbocycles. The molecule has 4 rings (SSSR count). The van der Waals surface area contributed by atoms with Gasteiger partial charge in [-0.05, 0) is 68.3 Å². The summed E-state index contributed by atoms with van der Waals surface area (Å²) in [7, 11) is -3.78. The Morgan fingerprint density at radius 2 is 1.56 bits per heavy atom. The Kier molecular flexibility index (Phi) is 6.02. The van der Waals surface area contributed by atoms with E-state index in [0.29, 0.717) is 37.3 Å². The quantitative estimate of drug-likeness (QED) is 0.630. The number of amides is 1. The van der Waals surface area contributed by atoms with Crippen molar-refractivity contribution in [3.8, 4) is 5.69 Å². The normalized spacial score (nSPS) is 15.2. The zero-order valence-corrected chi connectivity index (χ0v) is 18.0. The molecule has 2 aromatic carbocycles. The third-order valence-corrected chi connectivity index (χ3v) is 6.93. The van der Waals surface area contributed by atoms with Gasteiger partial charge in [0, 0.05) is 19.1 Å². The minimum atomic E-state index is -3.78. The van der Waals surface area contributed by atoms with Crippen molar-refractivity contribution in [3.63, 3.8) is 0 Å². The van der Waals surface area contributed by atoms with E-state index in [1.807, 2.05) is 0 Å². The first-order valence-corrected chi connectivity index (χ1v) is 11.5. The molecule has 8 nitrogen and oxygen atoms in total. The molecule has 11 heteroatoms. The maximum Gasteiger partial charge on any atom is 0.276 e. The lowest BCUT2D eigenvalue weighted by molar-refractivity contribution is 0.0704. The fraction of sp³-hybridized carbons (Fsp3) is 0.286. The Bertz CT molecular complexity index is 1220. The second-order valence-corrected chi connectivity index (χ2v) is 9.27. The predicted octanol–water partition coefficient (Wildman–Crippen LogP) is 2.44. The lowest BCUT2D eigenvalue weighted by Crippen LogP contribution is -2.46. The molecule has 3 aromatic rings. The first-order valence-electron chi connectivity index (χ1n) is 10.00. The highest BCUT2D eigenvalue weighted by atomic mass is 32.2. The molecule has 1 amide bonds. The van der Waals surface area contributed by atoms with Crippen molar-refractivity contribution >= 4 is 15.9 Å². The number of rotatable bonds is 5. The Morgan fingerprint density at radius 3 is 2.16 bits per heavy atom. The molecule has 1 saturated heterocycles. The van der Waals surface area contributed by atoms with E-state index in [9.17, 15) is 22.0 Å². The van der Waals surface area contributed by atoms with Crippen molar-refractivity contribution in [2.75, 3.05) is 13.1 Å². The van der Waals surface area contributed by atoms with E-state index in [1.165, 1.54) is 28.9 Å². The molecular formula is C21H21F2N5O3S. The average Bonchev–Trinajstić information content (AvgIpc) is 3.15. The van der Waals surface area contributed by atoms with Crippen molar-refractivity contribution < 1.29 is 22.0 Å². The third-order valence-electron chi connectivity index (χ3n) is 5.40. The Morgan fingerprint density at radius 1 is 1.00 bits per heavy atom. The van der Waals surface area contributed by atoms with Crippen LogP contribution in [0, 0.1) is 18.6 Å². The van der Waals surface area contributed by atoms with Gasteiger partial charge in [0.05, 0.1) is 16.3 Å². The van der Waals surface area contributed by atoms with Crippen LogP contribution in [0.5, 0.6) is 0 Å². The number of carbonyl (C=O) groups is 1. The number of carbonyl (C=O) groups excluding carboxylic acids is 1. The molecule has 1 fully saturated rings. The lowest BCUT2D eigenvalue weighted by atomic mass is 10.1. The number of sulfonamides is 1. The number of benzene rings is 2. The number of likely N-dealkylation sites (tertiary alicyclic amines) is 1. The van der Waals surface area contributed by atoms with Gasteiger partial charge in [0.2, 0.25) is 10.0 Å². The first kappa shape index (κ1) is 22.0. The van der Waals surface area contributed by atoms with Crippen molar-refractivity contribution in [1.82, 2.24) is 24.6 Å². The van der Waals surface area contributed by atoms with E-state index in [-0.39, 0.29) is 28.4 Å². The standard InChI is InChI=1S/C21H21F2N5O3S/c1-14-20(24-26-28(14)18-6-2-15(22)3-7-18)21(29)27-12-10-17(11-13-27)25-32(30,31)19-8-4-16(23)5-9-19/h2-9,17,25H,10-13H2,1H3. The molecule has 0 atom stereocenters.